The van der Waals surface area contributed by atoms with E-state index in [-0.39, 0.29) is 24.1 Å². The van der Waals surface area contributed by atoms with Crippen LogP contribution in [-0.2, 0) is 9.59 Å². The third-order valence-electron chi connectivity index (χ3n) is 3.02. The van der Waals surface area contributed by atoms with Crippen molar-refractivity contribution in [2.75, 3.05) is 20.3 Å². The highest BCUT2D eigenvalue weighted by Gasteiger charge is 2.12. The molecule has 0 atom stereocenters. The van der Waals surface area contributed by atoms with Crippen LogP contribution in [0.1, 0.15) is 26.3 Å². The quantitative estimate of drug-likeness (QED) is 0.551. The Morgan fingerprint density at radius 2 is 2.04 bits per heavy atom. The molecule has 0 saturated carbocycles. The highest BCUT2D eigenvalue weighted by molar-refractivity contribution is 6.01. The van der Waals surface area contributed by atoms with Gasteiger partial charge in [0.2, 0.25) is 0 Å². The van der Waals surface area contributed by atoms with Gasteiger partial charge in [0.15, 0.2) is 18.1 Å². The van der Waals surface area contributed by atoms with Gasteiger partial charge in [0.05, 0.1) is 7.11 Å². The summed E-state index contributed by atoms with van der Waals surface area (Å²) in [5.41, 5.74) is 0.601. The van der Waals surface area contributed by atoms with Gasteiger partial charge in [0, 0.05) is 12.6 Å². The van der Waals surface area contributed by atoms with Crippen LogP contribution in [0, 0.1) is 11.3 Å². The van der Waals surface area contributed by atoms with Gasteiger partial charge in [0.1, 0.15) is 11.6 Å². The van der Waals surface area contributed by atoms with Gasteiger partial charge in [-0.15, -0.1) is 0 Å². The lowest BCUT2D eigenvalue weighted by molar-refractivity contribution is -0.123. The van der Waals surface area contributed by atoms with Crippen molar-refractivity contribution in [1.82, 2.24) is 10.6 Å². The summed E-state index contributed by atoms with van der Waals surface area (Å²) >= 11 is 0. The number of nitrogens with zero attached hydrogens (tertiary/aromatic N) is 1. The van der Waals surface area contributed by atoms with Crippen LogP contribution in [0.25, 0.3) is 6.08 Å². The highest BCUT2D eigenvalue weighted by Crippen LogP contribution is 2.28. The summed E-state index contributed by atoms with van der Waals surface area (Å²) in [6.07, 6.45) is 1.47. The number of hydrogen-bond donors (Lipinski definition) is 2. The summed E-state index contributed by atoms with van der Waals surface area (Å²) in [7, 11) is 1.47. The van der Waals surface area contributed by atoms with Crippen molar-refractivity contribution in [2.24, 2.45) is 0 Å². The summed E-state index contributed by atoms with van der Waals surface area (Å²) < 4.78 is 10.7. The Labute approximate surface area is 147 Å². The zero-order valence-electron chi connectivity index (χ0n) is 14.9. The lowest BCUT2D eigenvalue weighted by Gasteiger charge is -2.11. The standard InChI is InChI=1S/C18H23N3O4/c1-5-20-17(22)11-25-15-7-6-13(9-16(15)24-4)8-14(10-19)18(23)21-12(2)3/h6-9,12H,5,11H2,1-4H3,(H,20,22)(H,21,23)/b14-8+. The van der Waals surface area contributed by atoms with E-state index in [2.05, 4.69) is 10.6 Å². The largest absolute Gasteiger partial charge is 0.493 e. The molecule has 1 rings (SSSR count). The minimum Gasteiger partial charge on any atom is -0.493 e. The van der Waals surface area contributed by atoms with Crippen molar-refractivity contribution >= 4 is 17.9 Å². The molecule has 0 aromatic heterocycles. The zero-order chi connectivity index (χ0) is 18.8. The third-order valence-corrected chi connectivity index (χ3v) is 3.02. The van der Waals surface area contributed by atoms with Gasteiger partial charge in [-0.2, -0.15) is 5.26 Å². The van der Waals surface area contributed by atoms with E-state index in [1.807, 2.05) is 26.8 Å². The number of benzene rings is 1. The second-order valence-corrected chi connectivity index (χ2v) is 5.45. The van der Waals surface area contributed by atoms with E-state index in [0.29, 0.717) is 23.6 Å². The zero-order valence-corrected chi connectivity index (χ0v) is 14.9. The molecule has 2 N–H and O–H groups in total. The number of hydrogen-bond acceptors (Lipinski definition) is 5. The molecule has 0 spiro atoms. The summed E-state index contributed by atoms with van der Waals surface area (Å²) in [5, 5.41) is 14.5. The third kappa shape index (κ3) is 6.55. The van der Waals surface area contributed by atoms with Gasteiger partial charge < -0.3 is 20.1 Å². The average molecular weight is 345 g/mol. The molecule has 25 heavy (non-hydrogen) atoms. The summed E-state index contributed by atoms with van der Waals surface area (Å²) in [6, 6.07) is 6.75. The molecule has 1 aromatic rings. The van der Waals surface area contributed by atoms with Crippen LogP contribution in [-0.4, -0.2) is 38.1 Å². The first-order valence-electron chi connectivity index (χ1n) is 7.91. The van der Waals surface area contributed by atoms with E-state index in [1.165, 1.54) is 13.2 Å². The number of nitriles is 1. The fraction of sp³-hybridized carbons (Fsp3) is 0.389. The molecular formula is C18H23N3O4. The molecule has 0 bridgehead atoms. The summed E-state index contributed by atoms with van der Waals surface area (Å²) in [5.74, 6) is 0.134. The van der Waals surface area contributed by atoms with Crippen molar-refractivity contribution in [2.45, 2.75) is 26.8 Å². The number of nitrogens with one attached hydrogen (secondary N) is 2. The number of likely N-dealkylation sites (N-methyl/N-ethyl adjacent to an activating group) is 1. The number of methoxy groups -OCH3 is 1. The van der Waals surface area contributed by atoms with Crippen molar-refractivity contribution < 1.29 is 19.1 Å². The van der Waals surface area contributed by atoms with E-state index in [4.69, 9.17) is 14.7 Å². The first-order chi connectivity index (χ1) is 11.9. The molecule has 7 nitrogen and oxygen atoms in total. The molecule has 2 amide bonds. The smallest absolute Gasteiger partial charge is 0.262 e. The number of rotatable bonds is 8. The Hall–Kier alpha value is -3.01. The lowest BCUT2D eigenvalue weighted by atomic mass is 10.1. The lowest BCUT2D eigenvalue weighted by Crippen LogP contribution is -2.30. The van der Waals surface area contributed by atoms with Crippen LogP contribution in [0.5, 0.6) is 11.5 Å². The first-order valence-corrected chi connectivity index (χ1v) is 7.91. The Balaban J connectivity index is 2.96. The van der Waals surface area contributed by atoms with Crippen molar-refractivity contribution in [1.29, 1.82) is 5.26 Å². The van der Waals surface area contributed by atoms with Gasteiger partial charge >= 0.3 is 0 Å². The van der Waals surface area contributed by atoms with Gasteiger partial charge in [0.25, 0.3) is 11.8 Å². The molecule has 0 fully saturated rings. The topological polar surface area (TPSA) is 100 Å². The number of ether oxygens (including phenoxy) is 2. The summed E-state index contributed by atoms with van der Waals surface area (Å²) in [6.45, 7) is 5.85. The molecule has 0 saturated heterocycles. The molecule has 0 aliphatic carbocycles. The Morgan fingerprint density at radius 1 is 1.32 bits per heavy atom. The molecule has 0 aliphatic heterocycles. The second kappa shape index (κ2) is 9.98. The molecule has 0 heterocycles. The van der Waals surface area contributed by atoms with E-state index >= 15 is 0 Å². The van der Waals surface area contributed by atoms with Crippen LogP contribution in [0.4, 0.5) is 0 Å². The second-order valence-electron chi connectivity index (χ2n) is 5.45. The van der Waals surface area contributed by atoms with Gasteiger partial charge in [-0.1, -0.05) is 6.07 Å². The maximum Gasteiger partial charge on any atom is 0.262 e. The average Bonchev–Trinajstić information content (AvgIpc) is 2.57. The van der Waals surface area contributed by atoms with Crippen molar-refractivity contribution in [3.05, 3.63) is 29.3 Å². The van der Waals surface area contributed by atoms with Crippen LogP contribution in [0.3, 0.4) is 0 Å². The first kappa shape index (κ1) is 20.0. The van der Waals surface area contributed by atoms with Crippen LogP contribution < -0.4 is 20.1 Å². The molecule has 7 heteroatoms. The normalized spacial score (nSPS) is 10.8. The minimum atomic E-state index is -0.437. The maximum atomic E-state index is 11.9. The summed E-state index contributed by atoms with van der Waals surface area (Å²) in [4.78, 5) is 23.4. The Bertz CT molecular complexity index is 690. The van der Waals surface area contributed by atoms with E-state index in [9.17, 15) is 9.59 Å². The van der Waals surface area contributed by atoms with Crippen LogP contribution in [0.2, 0.25) is 0 Å². The molecule has 0 aliphatic rings. The SMILES string of the molecule is CCNC(=O)COc1ccc(/C=C(\C#N)C(=O)NC(C)C)cc1OC. The van der Waals surface area contributed by atoms with E-state index in [0.717, 1.165) is 0 Å². The van der Waals surface area contributed by atoms with Crippen LogP contribution >= 0.6 is 0 Å². The number of amides is 2. The fourth-order valence-corrected chi connectivity index (χ4v) is 1.94. The molecule has 1 aromatic carbocycles. The number of carbonyl (C=O) groups is 2. The van der Waals surface area contributed by atoms with Crippen molar-refractivity contribution in [3.63, 3.8) is 0 Å². The predicted octanol–water partition coefficient (Wildman–Crippen LogP) is 1.64. The predicted molar refractivity (Wildman–Crippen MR) is 94.0 cm³/mol. The Kier molecular flexibility index (Phi) is 8.00. The molecular weight excluding hydrogens is 322 g/mol. The van der Waals surface area contributed by atoms with Gasteiger partial charge in [-0.25, -0.2) is 0 Å². The Morgan fingerprint density at radius 3 is 2.60 bits per heavy atom. The van der Waals surface area contributed by atoms with Gasteiger partial charge in [-0.3, -0.25) is 9.59 Å². The monoisotopic (exact) mass is 345 g/mol. The van der Waals surface area contributed by atoms with Crippen molar-refractivity contribution in [3.8, 4) is 17.6 Å². The fourth-order valence-electron chi connectivity index (χ4n) is 1.94. The van der Waals surface area contributed by atoms with Crippen LogP contribution in [0.15, 0.2) is 23.8 Å². The maximum absolute atomic E-state index is 11.9. The molecule has 134 valence electrons. The van der Waals surface area contributed by atoms with E-state index < -0.39 is 5.91 Å². The highest BCUT2D eigenvalue weighted by atomic mass is 16.5. The van der Waals surface area contributed by atoms with Gasteiger partial charge in [-0.05, 0) is 44.5 Å². The molecule has 0 unspecified atom stereocenters. The molecule has 0 radical (unpaired) electrons. The van der Waals surface area contributed by atoms with E-state index in [1.54, 1.807) is 18.2 Å². The minimum absolute atomic E-state index is 0.00764. The number of carbonyl (C=O) groups excluding carboxylic acids is 2.